The number of benzene rings is 1. The predicted octanol–water partition coefficient (Wildman–Crippen LogP) is 3.09. The lowest BCUT2D eigenvalue weighted by molar-refractivity contribution is -0.192. The van der Waals surface area contributed by atoms with E-state index in [0.29, 0.717) is 11.8 Å². The first-order chi connectivity index (χ1) is 15.4. The van der Waals surface area contributed by atoms with E-state index in [4.69, 9.17) is 14.6 Å². The molecular weight excluding hydrogens is 439 g/mol. The molecular formula is C23H34F3N3O4. The number of hydrogen-bond donors (Lipinski definition) is 1. The number of likely N-dealkylation sites (N-methyl/N-ethyl adjacent to an activating group) is 1. The summed E-state index contributed by atoms with van der Waals surface area (Å²) in [7, 11) is 3.65. The number of piperidine rings is 1. The molecule has 7 nitrogen and oxygen atoms in total. The molecule has 2 saturated heterocycles. The molecule has 33 heavy (non-hydrogen) atoms. The first-order valence-electron chi connectivity index (χ1n) is 11.0. The van der Waals surface area contributed by atoms with Crippen LogP contribution < -0.4 is 4.74 Å². The van der Waals surface area contributed by atoms with Gasteiger partial charge in [-0.25, -0.2) is 4.79 Å². The van der Waals surface area contributed by atoms with Crippen LogP contribution in [0.1, 0.15) is 32.3 Å². The van der Waals surface area contributed by atoms with Crippen LogP contribution in [0, 0.1) is 5.92 Å². The van der Waals surface area contributed by atoms with Crippen molar-refractivity contribution in [2.45, 2.75) is 44.9 Å². The van der Waals surface area contributed by atoms with Gasteiger partial charge in [0, 0.05) is 46.3 Å². The highest BCUT2D eigenvalue weighted by molar-refractivity contribution is 5.87. The van der Waals surface area contributed by atoms with Crippen molar-refractivity contribution < 1.29 is 32.6 Å². The van der Waals surface area contributed by atoms with Crippen molar-refractivity contribution in [2.24, 2.45) is 5.92 Å². The lowest BCUT2D eigenvalue weighted by atomic mass is 9.82. The van der Waals surface area contributed by atoms with Gasteiger partial charge in [-0.05, 0) is 36.5 Å². The minimum atomic E-state index is -5.08. The monoisotopic (exact) mass is 473 g/mol. The maximum absolute atomic E-state index is 13.1. The smallest absolute Gasteiger partial charge is 0.490 e. The number of nitrogens with zero attached hydrogens (tertiary/aromatic N) is 3. The summed E-state index contributed by atoms with van der Waals surface area (Å²) in [6.07, 6.45) is -3.22. The molecule has 2 fully saturated rings. The third-order valence-corrected chi connectivity index (χ3v) is 6.13. The first-order valence-corrected chi connectivity index (χ1v) is 11.0. The molecule has 3 rings (SSSR count). The minimum Gasteiger partial charge on any atom is -0.497 e. The van der Waals surface area contributed by atoms with E-state index < -0.39 is 12.1 Å². The number of halogens is 3. The lowest BCUT2D eigenvalue weighted by Crippen LogP contribution is -2.68. The number of likely N-dealkylation sites (tertiary alicyclic amines) is 1. The zero-order valence-electron chi connectivity index (χ0n) is 19.7. The predicted molar refractivity (Wildman–Crippen MR) is 118 cm³/mol. The Kier molecular flexibility index (Phi) is 9.13. The van der Waals surface area contributed by atoms with Crippen LogP contribution in [0.15, 0.2) is 24.3 Å². The van der Waals surface area contributed by atoms with Crippen molar-refractivity contribution in [3.05, 3.63) is 29.8 Å². The summed E-state index contributed by atoms with van der Waals surface area (Å²) in [5, 5.41) is 7.12. The quantitative estimate of drug-likeness (QED) is 0.709. The van der Waals surface area contributed by atoms with Gasteiger partial charge in [0.25, 0.3) is 0 Å². The van der Waals surface area contributed by atoms with Crippen molar-refractivity contribution in [1.29, 1.82) is 0 Å². The van der Waals surface area contributed by atoms with Gasteiger partial charge in [-0.1, -0.05) is 26.0 Å². The highest BCUT2D eigenvalue weighted by atomic mass is 19.4. The van der Waals surface area contributed by atoms with Gasteiger partial charge in [-0.15, -0.1) is 0 Å². The van der Waals surface area contributed by atoms with Gasteiger partial charge in [-0.2, -0.15) is 13.2 Å². The van der Waals surface area contributed by atoms with Crippen LogP contribution in [-0.4, -0.2) is 90.3 Å². The molecule has 2 aliphatic heterocycles. The molecule has 186 valence electrons. The number of rotatable bonds is 5. The SMILES string of the molecule is COc1ccc(CN2CCC3(CC2)C(=O)N(C)CCN3CC(C)C)cc1.O=C(O)C(F)(F)F. The third-order valence-electron chi connectivity index (χ3n) is 6.13. The standard InChI is InChI=1S/C21H33N3O2.C2HF3O2/c1-17(2)15-24-14-13-22(3)20(25)21(24)9-11-23(12-10-21)16-18-5-7-19(26-4)8-6-18;3-2(4,5)1(6)7/h5-8,17H,9-16H2,1-4H3;(H,6,7). The van der Waals surface area contributed by atoms with Gasteiger partial charge in [0.15, 0.2) is 0 Å². The second kappa shape index (κ2) is 11.2. The fourth-order valence-corrected chi connectivity index (χ4v) is 4.38. The summed E-state index contributed by atoms with van der Waals surface area (Å²) in [5.74, 6) is -0.951. The molecule has 0 unspecified atom stereocenters. The second-order valence-corrected chi connectivity index (χ2v) is 9.03. The van der Waals surface area contributed by atoms with Crippen LogP contribution in [0.25, 0.3) is 0 Å². The van der Waals surface area contributed by atoms with Gasteiger partial charge in [0.05, 0.1) is 7.11 Å². The maximum atomic E-state index is 13.1. The van der Waals surface area contributed by atoms with Gasteiger partial charge < -0.3 is 14.7 Å². The van der Waals surface area contributed by atoms with Crippen LogP contribution in [-0.2, 0) is 16.1 Å². The van der Waals surface area contributed by atoms with E-state index in [-0.39, 0.29) is 5.54 Å². The average Bonchev–Trinajstić information content (AvgIpc) is 2.76. The highest BCUT2D eigenvalue weighted by Crippen LogP contribution is 2.34. The van der Waals surface area contributed by atoms with Crippen molar-refractivity contribution in [2.75, 3.05) is 46.9 Å². The molecule has 0 radical (unpaired) electrons. The van der Waals surface area contributed by atoms with Gasteiger partial charge in [0.2, 0.25) is 5.91 Å². The Hall–Kier alpha value is -2.33. The second-order valence-electron chi connectivity index (χ2n) is 9.03. The molecule has 1 N–H and O–H groups in total. The third kappa shape index (κ3) is 7.07. The summed E-state index contributed by atoms with van der Waals surface area (Å²) in [6, 6.07) is 8.30. The molecule has 1 amide bonds. The van der Waals surface area contributed by atoms with Crippen LogP contribution in [0.3, 0.4) is 0 Å². The number of carboxylic acids is 1. The average molecular weight is 474 g/mol. The van der Waals surface area contributed by atoms with Crippen molar-refractivity contribution in [3.8, 4) is 5.75 Å². The Labute approximate surface area is 193 Å². The molecule has 0 bridgehead atoms. The molecule has 10 heteroatoms. The van der Waals surface area contributed by atoms with Crippen molar-refractivity contribution in [1.82, 2.24) is 14.7 Å². The minimum absolute atomic E-state index is 0.284. The topological polar surface area (TPSA) is 73.3 Å². The number of piperazine rings is 1. The fourth-order valence-electron chi connectivity index (χ4n) is 4.38. The number of alkyl halides is 3. The lowest BCUT2D eigenvalue weighted by Gasteiger charge is -2.52. The summed E-state index contributed by atoms with van der Waals surface area (Å²) in [4.78, 5) is 28.9. The number of aliphatic carboxylic acids is 1. The van der Waals surface area contributed by atoms with E-state index >= 15 is 0 Å². The Morgan fingerprint density at radius 1 is 1.12 bits per heavy atom. The Morgan fingerprint density at radius 3 is 2.12 bits per heavy atom. The molecule has 1 aromatic carbocycles. The van der Waals surface area contributed by atoms with E-state index in [9.17, 15) is 18.0 Å². The highest BCUT2D eigenvalue weighted by Gasteiger charge is 2.49. The fraction of sp³-hybridized carbons (Fsp3) is 0.652. The molecule has 0 aliphatic carbocycles. The molecule has 2 heterocycles. The van der Waals surface area contributed by atoms with E-state index in [2.05, 4.69) is 35.8 Å². The van der Waals surface area contributed by atoms with Gasteiger partial charge >= 0.3 is 12.1 Å². The van der Waals surface area contributed by atoms with E-state index in [0.717, 1.165) is 57.9 Å². The zero-order valence-corrected chi connectivity index (χ0v) is 19.7. The summed E-state index contributed by atoms with van der Waals surface area (Å²) < 4.78 is 37.0. The first kappa shape index (κ1) is 26.9. The number of carbonyl (C=O) groups is 2. The molecule has 1 spiro atoms. The van der Waals surface area contributed by atoms with E-state index in [1.54, 1.807) is 7.11 Å². The Morgan fingerprint density at radius 2 is 1.67 bits per heavy atom. The Bertz CT molecular complexity index is 791. The molecule has 0 aromatic heterocycles. The van der Waals surface area contributed by atoms with Crippen molar-refractivity contribution >= 4 is 11.9 Å². The van der Waals surface area contributed by atoms with Gasteiger partial charge in [-0.3, -0.25) is 14.6 Å². The van der Waals surface area contributed by atoms with Crippen LogP contribution >= 0.6 is 0 Å². The normalized spacial score (nSPS) is 19.4. The van der Waals surface area contributed by atoms with E-state index in [1.807, 2.05) is 24.1 Å². The van der Waals surface area contributed by atoms with E-state index in [1.165, 1.54) is 5.56 Å². The summed E-state index contributed by atoms with van der Waals surface area (Å²) in [6.45, 7) is 10.2. The summed E-state index contributed by atoms with van der Waals surface area (Å²) >= 11 is 0. The number of methoxy groups -OCH3 is 1. The molecule has 0 saturated carbocycles. The van der Waals surface area contributed by atoms with Crippen LogP contribution in [0.2, 0.25) is 0 Å². The number of hydrogen-bond acceptors (Lipinski definition) is 5. The summed E-state index contributed by atoms with van der Waals surface area (Å²) in [5.41, 5.74) is 1.01. The van der Waals surface area contributed by atoms with Crippen LogP contribution in [0.5, 0.6) is 5.75 Å². The number of ether oxygens (including phenoxy) is 1. The van der Waals surface area contributed by atoms with Crippen LogP contribution in [0.4, 0.5) is 13.2 Å². The zero-order chi connectivity index (χ0) is 24.8. The molecule has 1 aromatic rings. The number of carboxylic acid groups (broad SMARTS) is 1. The molecule has 2 aliphatic rings. The van der Waals surface area contributed by atoms with Crippen molar-refractivity contribution in [3.63, 3.8) is 0 Å². The number of amides is 1. The molecule has 0 atom stereocenters. The number of carbonyl (C=O) groups excluding carboxylic acids is 1. The largest absolute Gasteiger partial charge is 0.497 e. The van der Waals surface area contributed by atoms with Gasteiger partial charge in [0.1, 0.15) is 11.3 Å². The maximum Gasteiger partial charge on any atom is 0.490 e. The Balaban J connectivity index is 0.000000479.